The second-order valence-electron chi connectivity index (χ2n) is 5.04. The van der Waals surface area contributed by atoms with Crippen LogP contribution in [0, 0.1) is 0 Å². The minimum atomic E-state index is -3.59. The SMILES string of the molecule is CN(C)c1nc(N)nc(CS(=O)(=O)Cc2c(Cl)cccc2Cl)n1. The molecule has 2 aromatic rings. The topological polar surface area (TPSA) is 102 Å². The molecule has 7 nitrogen and oxygen atoms in total. The monoisotopic (exact) mass is 375 g/mol. The molecule has 0 radical (unpaired) electrons. The van der Waals surface area contributed by atoms with Gasteiger partial charge in [-0.25, -0.2) is 8.42 Å². The highest BCUT2D eigenvalue weighted by Gasteiger charge is 2.20. The number of aromatic nitrogens is 3. The number of hydrogen-bond donors (Lipinski definition) is 1. The summed E-state index contributed by atoms with van der Waals surface area (Å²) >= 11 is 12.0. The zero-order valence-corrected chi connectivity index (χ0v) is 14.8. The molecular weight excluding hydrogens is 361 g/mol. The number of benzene rings is 1. The first-order valence-corrected chi connectivity index (χ1v) is 9.07. The maximum Gasteiger partial charge on any atom is 0.229 e. The van der Waals surface area contributed by atoms with Crippen LogP contribution < -0.4 is 10.6 Å². The van der Waals surface area contributed by atoms with Gasteiger partial charge in [0.1, 0.15) is 5.75 Å². The molecule has 10 heteroatoms. The lowest BCUT2D eigenvalue weighted by Crippen LogP contribution is -2.18. The maximum absolute atomic E-state index is 12.4. The summed E-state index contributed by atoms with van der Waals surface area (Å²) in [6.07, 6.45) is 0. The van der Waals surface area contributed by atoms with E-state index in [4.69, 9.17) is 28.9 Å². The molecule has 0 saturated heterocycles. The second kappa shape index (κ2) is 6.86. The molecule has 1 aromatic carbocycles. The molecule has 0 saturated carbocycles. The van der Waals surface area contributed by atoms with Crippen molar-refractivity contribution in [3.8, 4) is 0 Å². The van der Waals surface area contributed by atoms with E-state index in [1.165, 1.54) is 0 Å². The molecule has 0 spiro atoms. The summed E-state index contributed by atoms with van der Waals surface area (Å²) in [5.41, 5.74) is 5.94. The molecule has 0 unspecified atom stereocenters. The molecule has 0 bridgehead atoms. The van der Waals surface area contributed by atoms with Gasteiger partial charge in [0.05, 0.1) is 5.75 Å². The zero-order valence-electron chi connectivity index (χ0n) is 12.5. The number of hydrogen-bond acceptors (Lipinski definition) is 7. The molecule has 1 aromatic heterocycles. The third kappa shape index (κ3) is 4.66. The van der Waals surface area contributed by atoms with Gasteiger partial charge in [-0.05, 0) is 12.1 Å². The van der Waals surface area contributed by atoms with Gasteiger partial charge < -0.3 is 10.6 Å². The molecule has 124 valence electrons. The lowest BCUT2D eigenvalue weighted by molar-refractivity contribution is 0.593. The lowest BCUT2D eigenvalue weighted by atomic mass is 10.2. The molecule has 2 rings (SSSR count). The Balaban J connectivity index is 2.28. The predicted octanol–water partition coefficient (Wildman–Crippen LogP) is 1.94. The quantitative estimate of drug-likeness (QED) is 0.851. The Labute approximate surface area is 144 Å². The van der Waals surface area contributed by atoms with Crippen molar-refractivity contribution in [1.82, 2.24) is 15.0 Å². The van der Waals surface area contributed by atoms with Crippen molar-refractivity contribution < 1.29 is 8.42 Å². The number of nitrogen functional groups attached to an aromatic ring is 1. The fraction of sp³-hybridized carbons (Fsp3) is 0.308. The number of anilines is 2. The van der Waals surface area contributed by atoms with E-state index in [0.29, 0.717) is 21.6 Å². The van der Waals surface area contributed by atoms with E-state index in [1.54, 1.807) is 37.2 Å². The second-order valence-corrected chi connectivity index (χ2v) is 7.92. The first-order valence-electron chi connectivity index (χ1n) is 6.49. The van der Waals surface area contributed by atoms with Crippen LogP contribution in [-0.2, 0) is 21.3 Å². The van der Waals surface area contributed by atoms with E-state index in [0.717, 1.165) is 0 Å². The summed E-state index contributed by atoms with van der Waals surface area (Å²) in [5.74, 6) is -0.371. The van der Waals surface area contributed by atoms with E-state index < -0.39 is 9.84 Å². The number of nitrogens with zero attached hydrogens (tertiary/aromatic N) is 4. The summed E-state index contributed by atoms with van der Waals surface area (Å²) in [4.78, 5) is 13.5. The summed E-state index contributed by atoms with van der Waals surface area (Å²) < 4.78 is 24.8. The molecule has 0 aliphatic carbocycles. The summed E-state index contributed by atoms with van der Waals surface area (Å²) in [6.45, 7) is 0. The minimum absolute atomic E-state index is 0.0373. The van der Waals surface area contributed by atoms with Gasteiger partial charge in [0, 0.05) is 29.7 Å². The van der Waals surface area contributed by atoms with Crippen LogP contribution in [0.2, 0.25) is 10.0 Å². The molecule has 0 amide bonds. The van der Waals surface area contributed by atoms with Crippen molar-refractivity contribution in [2.45, 2.75) is 11.5 Å². The molecule has 0 aliphatic heterocycles. The Morgan fingerprint density at radius 3 is 2.26 bits per heavy atom. The zero-order chi connectivity index (χ0) is 17.2. The average Bonchev–Trinajstić information content (AvgIpc) is 2.42. The molecular formula is C13H15Cl2N5O2S. The van der Waals surface area contributed by atoms with E-state index in [1.807, 2.05) is 0 Å². The van der Waals surface area contributed by atoms with Gasteiger partial charge >= 0.3 is 0 Å². The molecule has 0 fully saturated rings. The molecule has 0 aliphatic rings. The fourth-order valence-electron chi connectivity index (χ4n) is 1.83. The molecule has 1 heterocycles. The van der Waals surface area contributed by atoms with Gasteiger partial charge in [-0.2, -0.15) is 15.0 Å². The largest absolute Gasteiger partial charge is 0.368 e. The van der Waals surface area contributed by atoms with Crippen molar-refractivity contribution in [3.05, 3.63) is 39.6 Å². The number of sulfone groups is 1. The van der Waals surface area contributed by atoms with Gasteiger partial charge in [-0.3, -0.25) is 0 Å². The van der Waals surface area contributed by atoms with Crippen LogP contribution >= 0.6 is 23.2 Å². The third-order valence-electron chi connectivity index (χ3n) is 2.86. The van der Waals surface area contributed by atoms with Crippen LogP contribution in [0.25, 0.3) is 0 Å². The number of rotatable bonds is 5. The first kappa shape index (κ1) is 17.7. The highest BCUT2D eigenvalue weighted by atomic mass is 35.5. The molecule has 23 heavy (non-hydrogen) atoms. The minimum Gasteiger partial charge on any atom is -0.368 e. The van der Waals surface area contributed by atoms with Crippen molar-refractivity contribution in [2.24, 2.45) is 0 Å². The van der Waals surface area contributed by atoms with Crippen molar-refractivity contribution >= 4 is 44.9 Å². The van der Waals surface area contributed by atoms with Crippen molar-refractivity contribution in [3.63, 3.8) is 0 Å². The van der Waals surface area contributed by atoms with Crippen LogP contribution in [0.15, 0.2) is 18.2 Å². The molecule has 2 N–H and O–H groups in total. The Kier molecular flexibility index (Phi) is 5.28. The Morgan fingerprint density at radius 2 is 1.70 bits per heavy atom. The van der Waals surface area contributed by atoms with E-state index >= 15 is 0 Å². The van der Waals surface area contributed by atoms with Gasteiger partial charge in [0.2, 0.25) is 11.9 Å². The van der Waals surface area contributed by atoms with Gasteiger partial charge in [-0.15, -0.1) is 0 Å². The van der Waals surface area contributed by atoms with E-state index in [-0.39, 0.29) is 23.3 Å². The Hall–Kier alpha value is -1.64. The average molecular weight is 376 g/mol. The standard InChI is InChI=1S/C13H15Cl2N5O2S/c1-20(2)13-18-11(17-12(16)19-13)7-23(21,22)6-8-9(14)4-3-5-10(8)15/h3-5H,6-7H2,1-2H3,(H2,16,17,18,19). The van der Waals surface area contributed by atoms with Gasteiger partial charge in [0.25, 0.3) is 0 Å². The Bertz CT molecular complexity index is 807. The number of halogens is 2. The third-order valence-corrected chi connectivity index (χ3v) is 5.00. The normalized spacial score (nSPS) is 11.5. The van der Waals surface area contributed by atoms with Crippen LogP contribution in [0.1, 0.15) is 11.4 Å². The summed E-state index contributed by atoms with van der Waals surface area (Å²) in [6, 6.07) is 4.82. The van der Waals surface area contributed by atoms with Gasteiger partial charge in [-0.1, -0.05) is 29.3 Å². The van der Waals surface area contributed by atoms with E-state index in [2.05, 4.69) is 15.0 Å². The van der Waals surface area contributed by atoms with E-state index in [9.17, 15) is 8.42 Å². The summed E-state index contributed by atoms with van der Waals surface area (Å²) in [7, 11) is -0.150. The van der Waals surface area contributed by atoms with Crippen LogP contribution in [0.4, 0.5) is 11.9 Å². The highest BCUT2D eigenvalue weighted by molar-refractivity contribution is 7.89. The summed E-state index contributed by atoms with van der Waals surface area (Å²) in [5, 5.41) is 0.593. The van der Waals surface area contributed by atoms with Crippen LogP contribution in [-0.4, -0.2) is 37.5 Å². The maximum atomic E-state index is 12.4. The lowest BCUT2D eigenvalue weighted by Gasteiger charge is -2.12. The van der Waals surface area contributed by atoms with Gasteiger partial charge in [0.15, 0.2) is 15.7 Å². The fourth-order valence-corrected chi connectivity index (χ4v) is 3.89. The van der Waals surface area contributed by atoms with Crippen LogP contribution in [0.3, 0.4) is 0 Å². The Morgan fingerprint density at radius 1 is 1.09 bits per heavy atom. The van der Waals surface area contributed by atoms with Crippen LogP contribution in [0.5, 0.6) is 0 Å². The van der Waals surface area contributed by atoms with Crippen molar-refractivity contribution in [2.75, 3.05) is 24.7 Å². The highest BCUT2D eigenvalue weighted by Crippen LogP contribution is 2.27. The van der Waals surface area contributed by atoms with Crippen molar-refractivity contribution in [1.29, 1.82) is 0 Å². The molecule has 0 atom stereocenters. The number of nitrogens with two attached hydrogens (primary N) is 1. The smallest absolute Gasteiger partial charge is 0.229 e. The first-order chi connectivity index (χ1) is 10.7. The predicted molar refractivity (Wildman–Crippen MR) is 91.4 cm³/mol.